The van der Waals surface area contributed by atoms with Crippen molar-refractivity contribution in [3.63, 3.8) is 0 Å². The van der Waals surface area contributed by atoms with E-state index in [1.807, 2.05) is 48.5 Å². The molecule has 4 fully saturated rings. The molecule has 29 atom stereocenters. The van der Waals surface area contributed by atoms with Crippen LogP contribution in [0.3, 0.4) is 0 Å². The highest BCUT2D eigenvalue weighted by Gasteiger charge is 2.53. The zero-order valence-electron chi connectivity index (χ0n) is 61.4. The van der Waals surface area contributed by atoms with Gasteiger partial charge in [0.15, 0.2) is 24.7 Å². The highest BCUT2D eigenvalue weighted by atomic mass is 16.7. The van der Waals surface area contributed by atoms with E-state index in [2.05, 4.69) is 5.32 Å². The Hall–Kier alpha value is -5.97. The number of carbonyl (C=O) groups is 3. The number of rotatable bonds is 16. The summed E-state index contributed by atoms with van der Waals surface area (Å²) in [5, 5.41) is 202. The fourth-order valence-corrected chi connectivity index (χ4v) is 14.4. The minimum atomic E-state index is -2.60. The number of ketones is 1. The zero-order valence-corrected chi connectivity index (χ0v) is 61.4. The number of aliphatic hydroxyl groups is 18. The lowest BCUT2D eigenvalue weighted by Gasteiger charge is -2.46. The van der Waals surface area contributed by atoms with Gasteiger partial charge < -0.3 is 140 Å². The number of ether oxygens (including phenoxy) is 9. The molecule has 5 aliphatic heterocycles. The van der Waals surface area contributed by atoms with Crippen LogP contribution in [0.2, 0.25) is 0 Å². The molecule has 109 heavy (non-hydrogen) atoms. The van der Waals surface area contributed by atoms with Crippen LogP contribution >= 0.6 is 0 Å². The number of carbonyl (C=O) groups excluding carboxylic acids is 3. The first-order valence-corrected chi connectivity index (χ1v) is 37.1. The van der Waals surface area contributed by atoms with Crippen molar-refractivity contribution in [1.82, 2.24) is 5.32 Å². The molecule has 19 N–H and O–H groups in total. The van der Waals surface area contributed by atoms with Gasteiger partial charge in [0, 0.05) is 55.8 Å². The van der Waals surface area contributed by atoms with Crippen molar-refractivity contribution in [3.05, 3.63) is 145 Å². The molecule has 31 heteroatoms. The summed E-state index contributed by atoms with van der Waals surface area (Å²) in [5.41, 5.74) is 3.77. The summed E-state index contributed by atoms with van der Waals surface area (Å²) in [7, 11) is 0. The second-order valence-electron chi connectivity index (χ2n) is 29.2. The lowest BCUT2D eigenvalue weighted by Crippen LogP contribution is -2.64. The lowest BCUT2D eigenvalue weighted by molar-refractivity contribution is -0.313. The molecule has 0 radical (unpaired) electrons. The quantitative estimate of drug-likeness (QED) is 0.0935. The average Bonchev–Trinajstić information content (AvgIpc) is 1.71. The van der Waals surface area contributed by atoms with Crippen LogP contribution in [0.25, 0.3) is 11.1 Å². The summed E-state index contributed by atoms with van der Waals surface area (Å²) in [6, 6.07) is 13.8. The predicted molar refractivity (Wildman–Crippen MR) is 386 cm³/mol. The van der Waals surface area contributed by atoms with Gasteiger partial charge >= 0.3 is 12.1 Å². The standard InChI is InChI=1S/C78H111NO30/c1-41-21-15-13-11-9-7-5-6-8-10-12-14-16-22-49(106-76-69(94)64(66(91)44(4)105-76)79-77(99)103-40-54-52-25-19-17-23-50(52)51-24-18-20-26-53(51)54)33-59-63(57(87)29-45(38-101-74-72(97)70(95)67(92)60(36-80)107-74)39-102-75-73(98)71(96)68(93)61(37-81)108-75)58(88)35-78(100,109-59)34-48(84)31-56(86)55(85)28-27-46(82)30-47(83)32-62(89)104-43(3)42(2)65(41)90/h5-26,41-49,54-56,58-61,63-76,80-86,88,90-98,100H,27-40H2,1-4H3,(H,79,99)/b6-5+,9-7+,10-8+,13-11+,14-12+,21-15+,22-16+/t41-,42-,43-,44+,46+,47+,48-,49-,55+,56+,58-,59-,60+,61+,63+,64-,65+,66+,67+,68+,69-,70-,71-,72-,73-,74-,75-,76-,78+/m0/s1. The van der Waals surface area contributed by atoms with Gasteiger partial charge in [-0.15, -0.1) is 0 Å². The van der Waals surface area contributed by atoms with Crippen molar-refractivity contribution in [2.75, 3.05) is 33.0 Å². The molecule has 6 aliphatic rings. The van der Waals surface area contributed by atoms with Crippen LogP contribution in [0.4, 0.5) is 4.79 Å². The van der Waals surface area contributed by atoms with Crippen molar-refractivity contribution in [2.24, 2.45) is 23.7 Å². The van der Waals surface area contributed by atoms with Crippen molar-refractivity contribution < 1.29 is 149 Å². The SMILES string of the molecule is C[C@@H]1[C@H](O)[C@@H](C)/C=C/C=C/C=C/C=C/C=C/C=C/C=C/[C@H](O[C@@H]2O[C@H](C)[C@@H](O)[C@H](NC(=O)OCC3c4ccccc4-c4ccccc43)[C@@H]2O)C[C@@H]2O[C@](O)(C[C@@H](O)C[C@@H](O)[C@H](O)CC[C@@H](O)C[C@@H](O)CC(=O)O[C@H]1C)C[C@H](O)[C@H]2C(=O)CC(CO[C@H]1O[C@H](CO)[C@@H](O)[C@H](O)[C@@H]1O)CO[C@H]1O[C@H](CO)[C@@H](O)[C@H](O)[C@@H]1O. The summed E-state index contributed by atoms with van der Waals surface area (Å²) in [4.78, 5) is 42.2. The molecule has 2 aromatic rings. The third kappa shape index (κ3) is 24.5. The van der Waals surface area contributed by atoms with E-state index in [-0.39, 0.29) is 37.7 Å². The van der Waals surface area contributed by atoms with E-state index >= 15 is 4.79 Å². The molecule has 0 aromatic heterocycles. The van der Waals surface area contributed by atoms with Gasteiger partial charge in [-0.3, -0.25) is 9.59 Å². The van der Waals surface area contributed by atoms with E-state index in [0.717, 1.165) is 22.3 Å². The maximum atomic E-state index is 15.4. The molecule has 4 saturated heterocycles. The first kappa shape index (κ1) is 88.6. The van der Waals surface area contributed by atoms with Crippen LogP contribution in [0.5, 0.6) is 0 Å². The monoisotopic (exact) mass is 1540 g/mol. The van der Waals surface area contributed by atoms with Gasteiger partial charge in [-0.1, -0.05) is 147 Å². The maximum Gasteiger partial charge on any atom is 0.407 e. The highest BCUT2D eigenvalue weighted by Crippen LogP contribution is 2.45. The second-order valence-corrected chi connectivity index (χ2v) is 29.2. The number of hydrogen-bond donors (Lipinski definition) is 19. The van der Waals surface area contributed by atoms with E-state index in [1.54, 1.807) is 93.7 Å². The number of benzene rings is 2. The van der Waals surface area contributed by atoms with E-state index in [4.69, 9.17) is 42.6 Å². The van der Waals surface area contributed by atoms with Gasteiger partial charge in [-0.05, 0) is 55.4 Å². The highest BCUT2D eigenvalue weighted by molar-refractivity contribution is 5.83. The Labute approximate surface area is 632 Å². The third-order valence-corrected chi connectivity index (χ3v) is 20.9. The Morgan fingerprint density at radius 3 is 1.62 bits per heavy atom. The van der Waals surface area contributed by atoms with Gasteiger partial charge in [0.05, 0.1) is 106 Å². The van der Waals surface area contributed by atoms with Crippen molar-refractivity contribution in [3.8, 4) is 11.1 Å². The van der Waals surface area contributed by atoms with Gasteiger partial charge in [0.2, 0.25) is 0 Å². The van der Waals surface area contributed by atoms with E-state index in [0.29, 0.717) is 0 Å². The van der Waals surface area contributed by atoms with Crippen LogP contribution in [-0.2, 0) is 52.2 Å². The Balaban J connectivity index is 1.10. The second kappa shape index (κ2) is 42.2. The van der Waals surface area contributed by atoms with Gasteiger partial charge in [0.25, 0.3) is 0 Å². The van der Waals surface area contributed by atoms with Crippen molar-refractivity contribution >= 4 is 17.8 Å². The molecule has 31 nitrogen and oxygen atoms in total. The first-order valence-electron chi connectivity index (χ1n) is 37.1. The number of fused-ring (bicyclic) bond motifs is 5. The van der Waals surface area contributed by atoms with E-state index in [1.165, 1.54) is 19.1 Å². The van der Waals surface area contributed by atoms with E-state index < -0.39 is 259 Å². The van der Waals surface area contributed by atoms with Gasteiger partial charge in [0.1, 0.15) is 79.5 Å². The fourth-order valence-electron chi connectivity index (χ4n) is 14.4. The van der Waals surface area contributed by atoms with Crippen molar-refractivity contribution in [2.45, 2.75) is 250 Å². The Bertz CT molecular complexity index is 3300. The van der Waals surface area contributed by atoms with Gasteiger partial charge in [-0.25, -0.2) is 4.79 Å². The molecule has 2 aromatic carbocycles. The molecule has 0 spiro atoms. The zero-order chi connectivity index (χ0) is 79.4. The average molecular weight is 1540 g/mol. The number of hydrogen-bond acceptors (Lipinski definition) is 30. The van der Waals surface area contributed by atoms with Crippen LogP contribution in [0.15, 0.2) is 134 Å². The summed E-state index contributed by atoms with van der Waals surface area (Å²) in [5.74, 6) is -8.54. The van der Waals surface area contributed by atoms with Crippen LogP contribution in [0.1, 0.15) is 103 Å². The fraction of sp³-hybridized carbons (Fsp3) is 0.628. The van der Waals surface area contributed by atoms with Crippen LogP contribution in [0, 0.1) is 23.7 Å². The van der Waals surface area contributed by atoms with Crippen LogP contribution in [-0.4, -0.2) is 302 Å². The normalized spacial score (nSPS) is 40.9. The van der Waals surface area contributed by atoms with Gasteiger partial charge in [-0.2, -0.15) is 0 Å². The molecule has 608 valence electrons. The minimum Gasteiger partial charge on any atom is -0.462 e. The molecule has 5 heterocycles. The molecule has 1 aliphatic carbocycles. The topological polar surface area (TPSA) is 510 Å². The maximum absolute atomic E-state index is 15.4. The Kier molecular flexibility index (Phi) is 34.3. The summed E-state index contributed by atoms with van der Waals surface area (Å²) >= 11 is 0. The number of nitrogens with one attached hydrogen (secondary N) is 1. The summed E-state index contributed by atoms with van der Waals surface area (Å²) < 4.78 is 53.3. The molecule has 2 bridgehead atoms. The molecule has 8 rings (SSSR count). The molecule has 0 unspecified atom stereocenters. The first-order chi connectivity index (χ1) is 51.9. The molecule has 0 saturated carbocycles. The largest absolute Gasteiger partial charge is 0.462 e. The minimum absolute atomic E-state index is 0.133. The Morgan fingerprint density at radius 2 is 1.07 bits per heavy atom. The predicted octanol–water partition coefficient (Wildman–Crippen LogP) is -0.584. The Morgan fingerprint density at radius 1 is 0.541 bits per heavy atom. The molecular weight excluding hydrogens is 1430 g/mol. The third-order valence-electron chi connectivity index (χ3n) is 20.9. The number of amides is 1. The summed E-state index contributed by atoms with van der Waals surface area (Å²) in [6.07, 6.45) is -21.1. The number of cyclic esters (lactones) is 1. The number of esters is 1. The number of aliphatic hydroxyl groups excluding tert-OH is 17. The summed E-state index contributed by atoms with van der Waals surface area (Å²) in [6.45, 7) is 3.40. The number of Topliss-reactive ketones (excluding diaryl/α,β-unsaturated/α-hetero) is 1. The number of alkyl carbamates (subject to hydrolysis) is 1. The van der Waals surface area contributed by atoms with E-state index in [9.17, 15) is 102 Å². The molecule has 1 amide bonds. The lowest BCUT2D eigenvalue weighted by atomic mass is 9.78. The van der Waals surface area contributed by atoms with Crippen molar-refractivity contribution in [1.29, 1.82) is 0 Å². The number of allylic oxidation sites excluding steroid dienone is 12. The smallest absolute Gasteiger partial charge is 0.407 e. The van der Waals surface area contributed by atoms with Crippen LogP contribution < -0.4 is 5.32 Å². The molecular formula is C78H111NO30.